The second kappa shape index (κ2) is 40.4. The van der Waals surface area contributed by atoms with Crippen LogP contribution in [0.5, 0.6) is 0 Å². The van der Waals surface area contributed by atoms with Crippen molar-refractivity contribution >= 4 is 53.0 Å². The Hall–Kier alpha value is -9.51. The number of Topliss-reactive ketones (excluding diaryl/α,β-unsaturated/α-hetero) is 1. The number of hydrogen-bond acceptors (Lipinski definition) is 13. The average Bonchev–Trinajstić information content (AvgIpc) is 1.18. The van der Waals surface area contributed by atoms with Gasteiger partial charge in [-0.05, 0) is 118 Å². The van der Waals surface area contributed by atoms with Crippen LogP contribution in [-0.2, 0) is 60.6 Å². The van der Waals surface area contributed by atoms with Crippen LogP contribution in [0.2, 0.25) is 0 Å². The number of benzene rings is 5. The predicted molar refractivity (Wildman–Crippen MR) is 384 cm³/mol. The molecule has 5 aromatic rings. The molecule has 21 heteroatoms. The van der Waals surface area contributed by atoms with E-state index in [9.17, 15) is 33.6 Å². The molecule has 8 amide bonds. The van der Waals surface area contributed by atoms with Crippen LogP contribution in [0.25, 0.3) is 0 Å². The minimum atomic E-state index is -1.65. The van der Waals surface area contributed by atoms with E-state index in [1.54, 1.807) is 69.6 Å². The highest BCUT2D eigenvalue weighted by Gasteiger charge is 2.49. The van der Waals surface area contributed by atoms with Crippen molar-refractivity contribution < 1.29 is 43.2 Å². The summed E-state index contributed by atoms with van der Waals surface area (Å²) in [5, 5.41) is 33.4. The molecule has 0 unspecified atom stereocenters. The van der Waals surface area contributed by atoms with Gasteiger partial charge in [-0.25, -0.2) is 0 Å². The summed E-state index contributed by atoms with van der Waals surface area (Å²) in [6.45, 7) is 7.55. The van der Waals surface area contributed by atoms with Crippen molar-refractivity contribution in [2.45, 2.75) is 158 Å². The fraction of sp³-hybridized carbons (Fsp3) is 0.449. The van der Waals surface area contributed by atoms with Gasteiger partial charge in [0.1, 0.15) is 5.41 Å². The number of fused-ring (bicyclic) bond motifs is 1. The lowest BCUT2D eigenvalue weighted by molar-refractivity contribution is -0.135. The molecule has 0 aliphatic carbocycles. The molecule has 5 aromatic carbocycles. The third-order valence-corrected chi connectivity index (χ3v) is 18.8. The fourth-order valence-electron chi connectivity index (χ4n) is 13.3. The van der Waals surface area contributed by atoms with E-state index in [1.165, 1.54) is 5.56 Å². The summed E-state index contributed by atoms with van der Waals surface area (Å²) < 4.78 is 0. The first kappa shape index (κ1) is 76.9. The maximum absolute atomic E-state index is 15.2. The van der Waals surface area contributed by atoms with Crippen molar-refractivity contribution in [3.63, 3.8) is 0 Å². The van der Waals surface area contributed by atoms with Gasteiger partial charge in [0.15, 0.2) is 11.3 Å². The van der Waals surface area contributed by atoms with E-state index < -0.39 is 46.8 Å². The summed E-state index contributed by atoms with van der Waals surface area (Å²) in [4.78, 5) is 127. The number of amides is 8. The lowest BCUT2D eigenvalue weighted by Gasteiger charge is -2.38. The Labute approximate surface area is 583 Å². The molecule has 2 aliphatic rings. The van der Waals surface area contributed by atoms with E-state index >= 15 is 9.59 Å². The number of hydrogen-bond donors (Lipinski definition) is 11. The van der Waals surface area contributed by atoms with Crippen LogP contribution in [0.15, 0.2) is 152 Å². The molecule has 7 atom stereocenters. The highest BCUT2D eigenvalue weighted by atomic mass is 16.2. The molecule has 2 aliphatic heterocycles. The molecule has 2 heterocycles. The SMILES string of the molecule is CC[C@H](NC(=O)CNC(=O)[C@H](CC)NC)C(=O)CC(C(=O)NCCNC(=O)CCC#CC#CCCC(=O)NCCNC(=O)C(NC(=O)[C@@H]1CC[C@@H]2CC[C@H](CCNCc3ccccc3)[C@H](NC(=O)[C@H](CC)NC)CN21)(c1ccccc1)c1ccccc1)(c1ccccc1)c1ccccc1. The number of nitrogens with one attached hydrogen (secondary N) is 11. The Kier molecular flexibility index (Phi) is 31.4. The number of carbonyl (C=O) groups is 9. The van der Waals surface area contributed by atoms with Gasteiger partial charge in [0.05, 0.1) is 30.7 Å². The van der Waals surface area contributed by atoms with Gasteiger partial charge in [-0.2, -0.15) is 0 Å². The summed E-state index contributed by atoms with van der Waals surface area (Å²) in [5.41, 5.74) is 0.287. The Balaban J connectivity index is 0.884. The van der Waals surface area contributed by atoms with Crippen molar-refractivity contribution in [1.82, 2.24) is 63.4 Å². The second-order valence-corrected chi connectivity index (χ2v) is 25.2. The van der Waals surface area contributed by atoms with Gasteiger partial charge < -0.3 is 58.5 Å². The molecular weight excluding hydrogens is 1250 g/mol. The third kappa shape index (κ3) is 22.0. The number of carbonyl (C=O) groups excluding carboxylic acids is 9. The molecule has 0 bridgehead atoms. The van der Waals surface area contributed by atoms with Gasteiger partial charge in [0.2, 0.25) is 41.4 Å². The predicted octanol–water partition coefficient (Wildman–Crippen LogP) is 4.94. The Bertz CT molecular complexity index is 3470. The van der Waals surface area contributed by atoms with E-state index in [-0.39, 0.29) is 131 Å². The normalized spacial score (nSPS) is 16.7. The number of ketones is 1. The first-order chi connectivity index (χ1) is 48.1. The number of nitrogens with zero attached hydrogens (tertiary/aromatic N) is 1. The molecule has 0 radical (unpaired) electrons. The first-order valence-electron chi connectivity index (χ1n) is 35.0. The van der Waals surface area contributed by atoms with Crippen molar-refractivity contribution in [1.29, 1.82) is 0 Å². The maximum Gasteiger partial charge on any atom is 0.255 e. The van der Waals surface area contributed by atoms with Gasteiger partial charge in [-0.3, -0.25) is 48.1 Å². The highest BCUT2D eigenvalue weighted by molar-refractivity contribution is 6.00. The van der Waals surface area contributed by atoms with Gasteiger partial charge in [0.25, 0.3) is 5.91 Å². The summed E-state index contributed by atoms with van der Waals surface area (Å²) in [5.74, 6) is 8.27. The zero-order valence-corrected chi connectivity index (χ0v) is 57.9. The lowest BCUT2D eigenvalue weighted by Crippen LogP contribution is -2.61. The highest BCUT2D eigenvalue weighted by Crippen LogP contribution is 2.39. The van der Waals surface area contributed by atoms with E-state index in [0.29, 0.717) is 48.1 Å². The molecule has 526 valence electrons. The standard InChI is InChI=1S/C78H100N12O9/c1-6-63(87-71(94)54-86-72(95)64(7-2)79-4)68(91)52-77(58-32-20-14-21-33-58,59-34-22-15-23-35-59)75(98)84-50-48-82-69(92)40-28-11-9-10-12-29-41-70(93)83-49-51-85-76(99)78(60-36-24-16-25-37-60,61-38-26-17-27-39-61)89-74(97)67-45-44-62-43-42-57(46-47-81-53-56-30-18-13-19-31-56)66(55-90(62)67)88-73(96)65(8-3)80-5/h13-27,30-39,57,62-67,79-81H,6-8,28-29,40-55H2,1-5H3,(H,82,92)(H,83,93)(H,84,98)(H,85,99)(H,86,95)(H,87,94)(H,88,96)(H,89,97)/t57-,62+,63+,64+,65+,66-,67+/m1/s1. The second-order valence-electron chi connectivity index (χ2n) is 25.2. The molecule has 2 fully saturated rings. The number of likely N-dealkylation sites (N-methyl/N-ethyl adjacent to an activating group) is 2. The summed E-state index contributed by atoms with van der Waals surface area (Å²) in [6, 6.07) is 44.1. The van der Waals surface area contributed by atoms with E-state index in [4.69, 9.17) is 0 Å². The average molecular weight is 1350 g/mol. The molecule has 7 rings (SSSR count). The monoisotopic (exact) mass is 1350 g/mol. The summed E-state index contributed by atoms with van der Waals surface area (Å²) in [6.07, 6.45) is 5.65. The molecule has 99 heavy (non-hydrogen) atoms. The van der Waals surface area contributed by atoms with E-state index in [1.807, 2.05) is 105 Å². The van der Waals surface area contributed by atoms with Crippen LogP contribution in [0.4, 0.5) is 0 Å². The van der Waals surface area contributed by atoms with Crippen LogP contribution in [-0.4, -0.2) is 154 Å². The van der Waals surface area contributed by atoms with Crippen molar-refractivity contribution in [3.8, 4) is 23.7 Å². The zero-order valence-electron chi connectivity index (χ0n) is 57.9. The van der Waals surface area contributed by atoms with Gasteiger partial charge >= 0.3 is 0 Å². The first-order valence-corrected chi connectivity index (χ1v) is 35.0. The maximum atomic E-state index is 15.2. The van der Waals surface area contributed by atoms with Crippen molar-refractivity contribution in [2.24, 2.45) is 5.92 Å². The van der Waals surface area contributed by atoms with E-state index in [2.05, 4.69) is 99.2 Å². The van der Waals surface area contributed by atoms with E-state index in [0.717, 1.165) is 38.8 Å². The molecule has 21 nitrogen and oxygen atoms in total. The minimum Gasteiger partial charge on any atom is -0.354 e. The van der Waals surface area contributed by atoms with Crippen molar-refractivity contribution in [3.05, 3.63) is 179 Å². The van der Waals surface area contributed by atoms with Crippen molar-refractivity contribution in [2.75, 3.05) is 59.9 Å². The molecule has 0 spiro atoms. The largest absolute Gasteiger partial charge is 0.354 e. The number of rotatable bonds is 37. The smallest absolute Gasteiger partial charge is 0.255 e. The lowest BCUT2D eigenvalue weighted by atomic mass is 9.69. The van der Waals surface area contributed by atoms with Crippen LogP contribution in [0, 0.1) is 29.6 Å². The Morgan fingerprint density at radius 3 is 1.51 bits per heavy atom. The Morgan fingerprint density at radius 1 is 0.515 bits per heavy atom. The van der Waals surface area contributed by atoms with Crippen LogP contribution in [0.3, 0.4) is 0 Å². The summed E-state index contributed by atoms with van der Waals surface area (Å²) in [7, 11) is 3.45. The topological polar surface area (TPSA) is 289 Å². The summed E-state index contributed by atoms with van der Waals surface area (Å²) >= 11 is 0. The van der Waals surface area contributed by atoms with Crippen LogP contribution < -0.4 is 58.5 Å². The zero-order chi connectivity index (χ0) is 70.8. The van der Waals surface area contributed by atoms with Crippen LogP contribution in [0.1, 0.15) is 132 Å². The van der Waals surface area contributed by atoms with Gasteiger partial charge in [0, 0.05) is 83.5 Å². The van der Waals surface area contributed by atoms with Crippen LogP contribution >= 0.6 is 0 Å². The third-order valence-electron chi connectivity index (χ3n) is 18.8. The Morgan fingerprint density at radius 2 is 0.990 bits per heavy atom. The molecule has 0 aromatic heterocycles. The molecule has 11 N–H and O–H groups in total. The minimum absolute atomic E-state index is 0.0427. The van der Waals surface area contributed by atoms with Gasteiger partial charge in [-0.15, -0.1) is 0 Å². The molecular formula is C78H100N12O9. The quantitative estimate of drug-likeness (QED) is 0.0186. The fourth-order valence-corrected chi connectivity index (χ4v) is 13.3. The van der Waals surface area contributed by atoms with Gasteiger partial charge in [-0.1, -0.05) is 184 Å². The molecule has 2 saturated heterocycles. The molecule has 0 saturated carbocycles.